The molecule has 110 valence electrons. The number of carbonyl (C=O) groups is 1. The minimum absolute atomic E-state index is 0.340. The van der Waals surface area contributed by atoms with Crippen LogP contribution in [-0.4, -0.2) is 12.6 Å². The largest absolute Gasteiger partial charge is 0.462 e. The highest BCUT2D eigenvalue weighted by atomic mass is 32.2. The first-order valence-electron chi connectivity index (χ1n) is 6.83. The summed E-state index contributed by atoms with van der Waals surface area (Å²) in [6, 6.07) is 11.6. The number of ether oxygens (including phenoxy) is 1. The number of nitrogens with two attached hydrogens (primary N) is 1. The van der Waals surface area contributed by atoms with E-state index in [1.54, 1.807) is 30.8 Å². The van der Waals surface area contributed by atoms with Crippen molar-refractivity contribution < 1.29 is 9.53 Å². The maximum Gasteiger partial charge on any atom is 0.338 e. The molecule has 0 radical (unpaired) electrons. The molecule has 0 saturated carbocycles. The Kier molecular flexibility index (Phi) is 4.91. The molecule has 2 N–H and O–H groups in total. The van der Waals surface area contributed by atoms with Gasteiger partial charge in [0.2, 0.25) is 0 Å². The van der Waals surface area contributed by atoms with Gasteiger partial charge in [-0.25, -0.2) is 4.79 Å². The van der Waals surface area contributed by atoms with Crippen LogP contribution in [0.15, 0.2) is 46.2 Å². The third kappa shape index (κ3) is 3.79. The number of carbonyl (C=O) groups excluding carboxylic acids is 1. The van der Waals surface area contributed by atoms with Crippen molar-refractivity contribution in [3.8, 4) is 0 Å². The Bertz CT molecular complexity index is 668. The molecule has 2 aromatic carbocycles. The quantitative estimate of drug-likeness (QED) is 0.679. The van der Waals surface area contributed by atoms with Crippen LogP contribution in [0.25, 0.3) is 0 Å². The lowest BCUT2D eigenvalue weighted by molar-refractivity contribution is 0.0526. The third-order valence-electron chi connectivity index (χ3n) is 3.08. The van der Waals surface area contributed by atoms with E-state index in [1.807, 2.05) is 6.07 Å². The molecule has 0 spiro atoms. The van der Waals surface area contributed by atoms with Crippen LogP contribution in [0.3, 0.4) is 0 Å². The zero-order valence-corrected chi connectivity index (χ0v) is 13.3. The SMILES string of the molecule is CCOC(=O)c1ccc(Sc2cc(C)ccc2C)c(N)c1. The maximum absolute atomic E-state index is 11.7. The molecule has 3 nitrogen and oxygen atoms in total. The summed E-state index contributed by atoms with van der Waals surface area (Å²) < 4.78 is 4.97. The topological polar surface area (TPSA) is 52.3 Å². The summed E-state index contributed by atoms with van der Waals surface area (Å²) >= 11 is 1.61. The Hall–Kier alpha value is -1.94. The zero-order chi connectivity index (χ0) is 15.4. The monoisotopic (exact) mass is 301 g/mol. The van der Waals surface area contributed by atoms with Crippen LogP contribution in [-0.2, 0) is 4.74 Å². The minimum atomic E-state index is -0.340. The van der Waals surface area contributed by atoms with Crippen molar-refractivity contribution in [1.82, 2.24) is 0 Å². The lowest BCUT2D eigenvalue weighted by Crippen LogP contribution is -2.05. The average molecular weight is 301 g/mol. The third-order valence-corrected chi connectivity index (χ3v) is 4.34. The van der Waals surface area contributed by atoms with Crippen molar-refractivity contribution in [2.45, 2.75) is 30.6 Å². The highest BCUT2D eigenvalue weighted by Gasteiger charge is 2.10. The van der Waals surface area contributed by atoms with Crippen LogP contribution in [0, 0.1) is 13.8 Å². The fraction of sp³-hybridized carbons (Fsp3) is 0.235. The molecular formula is C17H19NO2S. The smallest absolute Gasteiger partial charge is 0.338 e. The highest BCUT2D eigenvalue weighted by Crippen LogP contribution is 2.35. The number of benzene rings is 2. The van der Waals surface area contributed by atoms with Gasteiger partial charge < -0.3 is 10.5 Å². The normalized spacial score (nSPS) is 10.4. The summed E-state index contributed by atoms with van der Waals surface area (Å²) in [5, 5.41) is 0. The number of hydrogen-bond acceptors (Lipinski definition) is 4. The predicted molar refractivity (Wildman–Crippen MR) is 86.8 cm³/mol. The van der Waals surface area contributed by atoms with E-state index in [1.165, 1.54) is 16.0 Å². The molecule has 0 saturated heterocycles. The number of anilines is 1. The number of esters is 1. The van der Waals surface area contributed by atoms with E-state index in [9.17, 15) is 4.79 Å². The first kappa shape index (κ1) is 15.4. The molecule has 0 aromatic heterocycles. The van der Waals surface area contributed by atoms with E-state index in [-0.39, 0.29) is 5.97 Å². The van der Waals surface area contributed by atoms with Crippen LogP contribution >= 0.6 is 11.8 Å². The van der Waals surface area contributed by atoms with Crippen LogP contribution in [0.4, 0.5) is 5.69 Å². The molecular weight excluding hydrogens is 282 g/mol. The Morgan fingerprint density at radius 2 is 1.90 bits per heavy atom. The highest BCUT2D eigenvalue weighted by molar-refractivity contribution is 7.99. The number of aryl methyl sites for hydroxylation is 2. The Labute approximate surface area is 129 Å². The zero-order valence-electron chi connectivity index (χ0n) is 12.5. The van der Waals surface area contributed by atoms with Gasteiger partial charge in [-0.05, 0) is 56.2 Å². The molecule has 0 aliphatic heterocycles. The molecule has 0 fully saturated rings. The van der Waals surface area contributed by atoms with E-state index in [2.05, 4.69) is 32.0 Å². The van der Waals surface area contributed by atoms with E-state index >= 15 is 0 Å². The summed E-state index contributed by atoms with van der Waals surface area (Å²) in [5.74, 6) is -0.340. The number of hydrogen-bond donors (Lipinski definition) is 1. The fourth-order valence-electron chi connectivity index (χ4n) is 1.92. The minimum Gasteiger partial charge on any atom is -0.462 e. The maximum atomic E-state index is 11.7. The van der Waals surface area contributed by atoms with Crippen molar-refractivity contribution in [2.75, 3.05) is 12.3 Å². The van der Waals surface area contributed by atoms with Gasteiger partial charge in [0.15, 0.2) is 0 Å². The second-order valence-corrected chi connectivity index (χ2v) is 5.93. The van der Waals surface area contributed by atoms with E-state index < -0.39 is 0 Å². The van der Waals surface area contributed by atoms with Crippen LogP contribution < -0.4 is 5.73 Å². The van der Waals surface area contributed by atoms with Crippen molar-refractivity contribution in [1.29, 1.82) is 0 Å². The van der Waals surface area contributed by atoms with E-state index in [4.69, 9.17) is 10.5 Å². The van der Waals surface area contributed by atoms with E-state index in [0.29, 0.717) is 17.9 Å². The summed E-state index contributed by atoms with van der Waals surface area (Å²) in [6.07, 6.45) is 0. The van der Waals surface area contributed by atoms with Gasteiger partial charge in [-0.2, -0.15) is 0 Å². The van der Waals surface area contributed by atoms with Gasteiger partial charge in [0, 0.05) is 15.5 Å². The standard InChI is InChI=1S/C17H19NO2S/c1-4-20-17(19)13-7-8-15(14(18)10-13)21-16-9-11(2)5-6-12(16)3/h5-10H,4,18H2,1-3H3. The second kappa shape index (κ2) is 6.68. The second-order valence-electron chi connectivity index (χ2n) is 4.84. The van der Waals surface area contributed by atoms with Crippen molar-refractivity contribution in [3.63, 3.8) is 0 Å². The molecule has 0 aliphatic carbocycles. The Morgan fingerprint density at radius 1 is 1.14 bits per heavy atom. The molecule has 21 heavy (non-hydrogen) atoms. The van der Waals surface area contributed by atoms with Gasteiger partial charge in [0.25, 0.3) is 0 Å². The van der Waals surface area contributed by atoms with Gasteiger partial charge >= 0.3 is 5.97 Å². The first-order valence-corrected chi connectivity index (χ1v) is 7.64. The molecule has 0 amide bonds. The molecule has 0 bridgehead atoms. The summed E-state index contributed by atoms with van der Waals surface area (Å²) in [4.78, 5) is 13.8. The first-order chi connectivity index (χ1) is 10.0. The van der Waals surface area contributed by atoms with Crippen LogP contribution in [0.5, 0.6) is 0 Å². The molecule has 0 unspecified atom stereocenters. The predicted octanol–water partition coefficient (Wildman–Crippen LogP) is 4.21. The Balaban J connectivity index is 2.25. The van der Waals surface area contributed by atoms with Crippen LogP contribution in [0.2, 0.25) is 0 Å². The lowest BCUT2D eigenvalue weighted by Gasteiger charge is -2.10. The Morgan fingerprint density at radius 3 is 2.57 bits per heavy atom. The van der Waals surface area contributed by atoms with Gasteiger partial charge in [-0.1, -0.05) is 23.9 Å². The van der Waals surface area contributed by atoms with Crippen LogP contribution in [0.1, 0.15) is 28.4 Å². The number of rotatable bonds is 4. The molecule has 2 aromatic rings. The number of nitrogen functional groups attached to an aromatic ring is 1. The van der Waals surface area contributed by atoms with Crippen molar-refractivity contribution in [3.05, 3.63) is 53.1 Å². The molecule has 0 aliphatic rings. The lowest BCUT2D eigenvalue weighted by atomic mass is 10.2. The molecule has 2 rings (SSSR count). The van der Waals surface area contributed by atoms with Gasteiger partial charge in [-0.15, -0.1) is 0 Å². The van der Waals surface area contributed by atoms with Gasteiger partial charge in [0.1, 0.15) is 0 Å². The van der Waals surface area contributed by atoms with Gasteiger partial charge in [0.05, 0.1) is 12.2 Å². The fourth-order valence-corrected chi connectivity index (χ4v) is 2.94. The molecule has 4 heteroatoms. The average Bonchev–Trinajstić information content (AvgIpc) is 2.45. The van der Waals surface area contributed by atoms with Crippen molar-refractivity contribution in [2.24, 2.45) is 0 Å². The molecule has 0 atom stereocenters. The van der Waals surface area contributed by atoms with E-state index in [0.717, 1.165) is 4.90 Å². The molecule has 0 heterocycles. The summed E-state index contributed by atoms with van der Waals surface area (Å²) in [6.45, 7) is 6.28. The summed E-state index contributed by atoms with van der Waals surface area (Å²) in [7, 11) is 0. The van der Waals surface area contributed by atoms with Crippen molar-refractivity contribution >= 4 is 23.4 Å². The summed E-state index contributed by atoms with van der Waals surface area (Å²) in [5.41, 5.74) is 9.56. The van der Waals surface area contributed by atoms with Gasteiger partial charge in [-0.3, -0.25) is 0 Å².